The van der Waals surface area contributed by atoms with E-state index in [9.17, 15) is 13.2 Å². The molecule has 0 radical (unpaired) electrons. The Bertz CT molecular complexity index is 469. The molecule has 1 fully saturated rings. The summed E-state index contributed by atoms with van der Waals surface area (Å²) in [5.41, 5.74) is 1.92. The highest BCUT2D eigenvalue weighted by Crippen LogP contribution is 2.19. The number of halogens is 3. The van der Waals surface area contributed by atoms with Crippen LogP contribution in [0, 0.1) is 6.92 Å². The lowest BCUT2D eigenvalue weighted by molar-refractivity contribution is -0.146. The van der Waals surface area contributed by atoms with Gasteiger partial charge in [0.1, 0.15) is 0 Å². The lowest BCUT2D eigenvalue weighted by Crippen LogP contribution is -2.49. The number of hydrogen-bond acceptors (Lipinski definition) is 5. The number of rotatable bonds is 4. The highest BCUT2D eigenvalue weighted by atomic mass is 19.4. The van der Waals surface area contributed by atoms with Gasteiger partial charge in [-0.1, -0.05) is 0 Å². The van der Waals surface area contributed by atoms with E-state index < -0.39 is 12.7 Å². The van der Waals surface area contributed by atoms with Gasteiger partial charge in [-0.25, -0.2) is 9.97 Å². The zero-order valence-electron chi connectivity index (χ0n) is 12.2. The van der Waals surface area contributed by atoms with Crippen LogP contribution in [0.2, 0.25) is 0 Å². The third kappa shape index (κ3) is 4.53. The number of nitrogens with one attached hydrogen (secondary N) is 1. The summed E-state index contributed by atoms with van der Waals surface area (Å²) in [6, 6.07) is 0. The molecule has 1 aliphatic heterocycles. The quantitative estimate of drug-likeness (QED) is 0.905. The summed E-state index contributed by atoms with van der Waals surface area (Å²) in [6.07, 6.45) is -2.36. The summed E-state index contributed by atoms with van der Waals surface area (Å²) >= 11 is 0. The Balaban J connectivity index is 1.94. The van der Waals surface area contributed by atoms with Crippen LogP contribution in [0.15, 0.2) is 6.20 Å². The third-order valence-electron chi connectivity index (χ3n) is 3.49. The van der Waals surface area contributed by atoms with Gasteiger partial charge in [-0.05, 0) is 14.0 Å². The number of alkyl halides is 3. The Morgan fingerprint density at radius 3 is 2.43 bits per heavy atom. The van der Waals surface area contributed by atoms with Crippen molar-refractivity contribution in [2.75, 3.05) is 44.7 Å². The average Bonchev–Trinajstić information content (AvgIpc) is 2.40. The maximum Gasteiger partial charge on any atom is 0.401 e. The maximum atomic E-state index is 12.3. The monoisotopic (exact) mass is 303 g/mol. The molecule has 1 aromatic heterocycles. The predicted octanol–water partition coefficient (Wildman–Crippen LogP) is 1.19. The van der Waals surface area contributed by atoms with E-state index in [1.54, 1.807) is 6.20 Å². The third-order valence-corrected chi connectivity index (χ3v) is 3.49. The standard InChI is InChI=1S/C13H20F3N5/c1-10-11(7-17-2)8-18-12(19-10)21-5-3-20(4-6-21)9-13(14,15)16/h8,17H,3-7,9H2,1-2H3. The molecule has 5 nitrogen and oxygen atoms in total. The normalized spacial score (nSPS) is 17.3. The molecule has 2 heterocycles. The summed E-state index contributed by atoms with van der Waals surface area (Å²) in [5, 5.41) is 3.04. The van der Waals surface area contributed by atoms with E-state index >= 15 is 0 Å². The van der Waals surface area contributed by atoms with Crippen LogP contribution in [0.25, 0.3) is 0 Å². The largest absolute Gasteiger partial charge is 0.401 e. The van der Waals surface area contributed by atoms with E-state index in [0.29, 0.717) is 38.7 Å². The minimum atomic E-state index is -4.13. The van der Waals surface area contributed by atoms with Crippen molar-refractivity contribution in [3.05, 3.63) is 17.5 Å². The van der Waals surface area contributed by atoms with Crippen LogP contribution in [-0.2, 0) is 6.54 Å². The molecule has 8 heteroatoms. The smallest absolute Gasteiger partial charge is 0.338 e. The van der Waals surface area contributed by atoms with Crippen LogP contribution in [0.4, 0.5) is 19.1 Å². The fraction of sp³-hybridized carbons (Fsp3) is 0.692. The fourth-order valence-electron chi connectivity index (χ4n) is 2.36. The average molecular weight is 303 g/mol. The lowest BCUT2D eigenvalue weighted by atomic mass is 10.2. The number of piperazine rings is 1. The summed E-state index contributed by atoms with van der Waals surface area (Å²) in [5.74, 6) is 0.596. The molecule has 1 N–H and O–H groups in total. The van der Waals surface area contributed by atoms with Gasteiger partial charge in [-0.15, -0.1) is 0 Å². The highest BCUT2D eigenvalue weighted by Gasteiger charge is 2.32. The number of nitrogens with zero attached hydrogens (tertiary/aromatic N) is 4. The van der Waals surface area contributed by atoms with Crippen LogP contribution in [0.5, 0.6) is 0 Å². The molecule has 118 valence electrons. The first kappa shape index (κ1) is 16.0. The molecule has 0 aliphatic carbocycles. The molecule has 0 amide bonds. The molecule has 0 unspecified atom stereocenters. The van der Waals surface area contributed by atoms with Gasteiger partial charge >= 0.3 is 6.18 Å². The first-order valence-corrected chi connectivity index (χ1v) is 6.90. The Morgan fingerprint density at radius 1 is 1.24 bits per heavy atom. The molecule has 0 aromatic carbocycles. The first-order chi connectivity index (χ1) is 9.89. The van der Waals surface area contributed by atoms with Crippen LogP contribution >= 0.6 is 0 Å². The summed E-state index contributed by atoms with van der Waals surface area (Å²) in [6.45, 7) is 3.55. The molecule has 1 aromatic rings. The van der Waals surface area contributed by atoms with Crippen molar-refractivity contribution in [3.8, 4) is 0 Å². The summed E-state index contributed by atoms with van der Waals surface area (Å²) in [7, 11) is 1.85. The molecular weight excluding hydrogens is 283 g/mol. The number of aryl methyl sites for hydroxylation is 1. The Kier molecular flexibility index (Phi) is 5.00. The van der Waals surface area contributed by atoms with Gasteiger partial charge in [0.15, 0.2) is 0 Å². The van der Waals surface area contributed by atoms with Crippen molar-refractivity contribution < 1.29 is 13.2 Å². The van der Waals surface area contributed by atoms with Gasteiger partial charge in [-0.3, -0.25) is 4.90 Å². The predicted molar refractivity (Wildman–Crippen MR) is 74.2 cm³/mol. The Labute approximate surface area is 122 Å². The molecule has 0 spiro atoms. The fourth-order valence-corrected chi connectivity index (χ4v) is 2.36. The second-order valence-corrected chi connectivity index (χ2v) is 5.19. The molecule has 0 saturated carbocycles. The minimum absolute atomic E-state index is 0.375. The zero-order valence-corrected chi connectivity index (χ0v) is 12.2. The molecular formula is C13H20F3N5. The zero-order chi connectivity index (χ0) is 15.5. The van der Waals surface area contributed by atoms with E-state index in [2.05, 4.69) is 15.3 Å². The molecule has 1 aliphatic rings. The highest BCUT2D eigenvalue weighted by molar-refractivity contribution is 5.33. The molecule has 1 saturated heterocycles. The Hall–Kier alpha value is -1.41. The second-order valence-electron chi connectivity index (χ2n) is 5.19. The second kappa shape index (κ2) is 6.57. The summed E-state index contributed by atoms with van der Waals surface area (Å²) < 4.78 is 37.0. The van der Waals surface area contributed by atoms with E-state index in [0.717, 1.165) is 11.3 Å². The van der Waals surface area contributed by atoms with Crippen LogP contribution < -0.4 is 10.2 Å². The van der Waals surface area contributed by atoms with Gasteiger partial charge in [0.2, 0.25) is 5.95 Å². The number of aromatic nitrogens is 2. The van der Waals surface area contributed by atoms with E-state index in [1.807, 2.05) is 18.9 Å². The van der Waals surface area contributed by atoms with Crippen LogP contribution in [-0.4, -0.2) is 60.8 Å². The van der Waals surface area contributed by atoms with Crippen LogP contribution in [0.1, 0.15) is 11.3 Å². The topological polar surface area (TPSA) is 44.3 Å². The van der Waals surface area contributed by atoms with Crippen molar-refractivity contribution in [2.45, 2.75) is 19.6 Å². The van der Waals surface area contributed by atoms with Crippen molar-refractivity contribution in [1.82, 2.24) is 20.2 Å². The van der Waals surface area contributed by atoms with Crippen molar-refractivity contribution >= 4 is 5.95 Å². The lowest BCUT2D eigenvalue weighted by Gasteiger charge is -2.35. The molecule has 2 rings (SSSR count). The van der Waals surface area contributed by atoms with E-state index in [4.69, 9.17) is 0 Å². The Morgan fingerprint density at radius 2 is 1.90 bits per heavy atom. The van der Waals surface area contributed by atoms with E-state index in [1.165, 1.54) is 4.90 Å². The summed E-state index contributed by atoms with van der Waals surface area (Å²) in [4.78, 5) is 12.1. The minimum Gasteiger partial charge on any atom is -0.338 e. The van der Waals surface area contributed by atoms with Gasteiger partial charge in [0, 0.05) is 50.2 Å². The number of hydrogen-bond donors (Lipinski definition) is 1. The molecule has 21 heavy (non-hydrogen) atoms. The first-order valence-electron chi connectivity index (χ1n) is 6.90. The maximum absolute atomic E-state index is 12.3. The van der Waals surface area contributed by atoms with Crippen LogP contribution in [0.3, 0.4) is 0 Å². The van der Waals surface area contributed by atoms with Gasteiger partial charge < -0.3 is 10.2 Å². The molecule has 0 atom stereocenters. The SMILES string of the molecule is CNCc1cnc(N2CCN(CC(F)(F)F)CC2)nc1C. The van der Waals surface area contributed by atoms with Crippen molar-refractivity contribution in [3.63, 3.8) is 0 Å². The molecule has 0 bridgehead atoms. The van der Waals surface area contributed by atoms with Crippen molar-refractivity contribution in [1.29, 1.82) is 0 Å². The van der Waals surface area contributed by atoms with Gasteiger partial charge in [-0.2, -0.15) is 13.2 Å². The van der Waals surface area contributed by atoms with Gasteiger partial charge in [0.05, 0.1) is 6.54 Å². The van der Waals surface area contributed by atoms with Gasteiger partial charge in [0.25, 0.3) is 0 Å². The van der Waals surface area contributed by atoms with E-state index in [-0.39, 0.29) is 0 Å². The van der Waals surface area contributed by atoms with Crippen molar-refractivity contribution in [2.24, 2.45) is 0 Å². The number of anilines is 1.